The molecule has 1 aliphatic heterocycles. The minimum absolute atomic E-state index is 0.0214. The molecule has 1 fully saturated rings. The number of carbonyl (C=O) groups excluding carboxylic acids is 2. The first-order valence-electron chi connectivity index (χ1n) is 11.6. The molecule has 2 heterocycles. The number of hydrogen-bond acceptors (Lipinski definition) is 8. The summed E-state index contributed by atoms with van der Waals surface area (Å²) >= 11 is 1.66. The summed E-state index contributed by atoms with van der Waals surface area (Å²) in [5, 5.41) is 4.45. The van der Waals surface area contributed by atoms with Gasteiger partial charge in [0.25, 0.3) is 0 Å². The van der Waals surface area contributed by atoms with E-state index in [9.17, 15) is 9.59 Å². The third kappa shape index (κ3) is 7.38. The topological polar surface area (TPSA) is 118 Å². The van der Waals surface area contributed by atoms with Gasteiger partial charge in [0.15, 0.2) is 0 Å². The Bertz CT molecular complexity index is 943. The van der Waals surface area contributed by atoms with Crippen molar-refractivity contribution in [1.29, 1.82) is 0 Å². The fourth-order valence-corrected chi connectivity index (χ4v) is 4.72. The summed E-state index contributed by atoms with van der Waals surface area (Å²) < 4.78 is 0. The van der Waals surface area contributed by atoms with E-state index >= 15 is 0 Å². The Morgan fingerprint density at radius 3 is 2.44 bits per heavy atom. The van der Waals surface area contributed by atoms with E-state index in [1.54, 1.807) is 11.3 Å². The Hall–Kier alpha value is -2.75. The van der Waals surface area contributed by atoms with Crippen molar-refractivity contribution in [2.75, 3.05) is 13.6 Å². The highest BCUT2D eigenvalue weighted by molar-refractivity contribution is 7.13. The number of likely N-dealkylation sites (tertiary alicyclic amines) is 1. The minimum atomic E-state index is -0.296. The first-order chi connectivity index (χ1) is 16.2. The molecule has 1 aromatic heterocycles. The smallest absolute Gasteiger partial charge is 0.237 e. The first-order valence-corrected chi connectivity index (χ1v) is 12.4. The lowest BCUT2D eigenvalue weighted by molar-refractivity contribution is -0.125. The number of carbonyl (C=O) groups is 2. The molecule has 0 saturated carbocycles. The molecule has 3 atom stereocenters. The number of hydrazine groups is 1. The summed E-state index contributed by atoms with van der Waals surface area (Å²) in [6.07, 6.45) is 5.65. The summed E-state index contributed by atoms with van der Waals surface area (Å²) in [5.41, 5.74) is 10.4. The van der Waals surface area contributed by atoms with E-state index in [0.29, 0.717) is 0 Å². The maximum absolute atomic E-state index is 12.4. The Morgan fingerprint density at radius 2 is 1.97 bits per heavy atom. The highest BCUT2D eigenvalue weighted by Crippen LogP contribution is 2.28. The number of likely N-dealkylation sites (N-methyl/N-ethyl adjacent to an activating group) is 1. The number of aryl methyl sites for hydroxylation is 1. The second kappa shape index (κ2) is 13.2. The quantitative estimate of drug-likeness (QED) is 0.298. The summed E-state index contributed by atoms with van der Waals surface area (Å²) in [5.74, 6) is 5.80. The Balaban J connectivity index is 0.000000316. The molecule has 3 rings (SSSR count). The van der Waals surface area contributed by atoms with Gasteiger partial charge in [0.2, 0.25) is 5.91 Å². The van der Waals surface area contributed by atoms with Crippen LogP contribution in [0.25, 0.3) is 10.4 Å². The van der Waals surface area contributed by atoms with Crippen molar-refractivity contribution in [3.63, 3.8) is 0 Å². The molecular formula is C25H38N6O2S. The average Bonchev–Trinajstić information content (AvgIpc) is 3.42. The van der Waals surface area contributed by atoms with Gasteiger partial charge in [-0.25, -0.2) is 10.8 Å². The van der Waals surface area contributed by atoms with Gasteiger partial charge in [0.1, 0.15) is 12.3 Å². The van der Waals surface area contributed by atoms with Crippen LogP contribution in [0.3, 0.4) is 0 Å². The van der Waals surface area contributed by atoms with Gasteiger partial charge >= 0.3 is 0 Å². The lowest BCUT2D eigenvalue weighted by Gasteiger charge is -2.23. The fourth-order valence-electron chi connectivity index (χ4n) is 3.91. The van der Waals surface area contributed by atoms with Crippen molar-refractivity contribution in [2.24, 2.45) is 17.5 Å². The summed E-state index contributed by atoms with van der Waals surface area (Å²) in [6.45, 7) is 8.92. The standard InChI is InChI=1S/C18H23N3OS.C7H15N3O/c1-12(20-18(22)16-5-4-10-21(16)3)14-6-8-15(9-7-14)17-13(2)19-11-23-17;1-6(2)7(5-11)10(9)4-3-8/h6-9,11-12,16H,4-5,10H2,1-3H3,(H,20,22);3-7H,8-9H2,1-2H3/b;4-3-. The van der Waals surface area contributed by atoms with Gasteiger partial charge in [-0.2, -0.15) is 0 Å². The molecule has 1 aliphatic rings. The van der Waals surface area contributed by atoms with Crippen molar-refractivity contribution < 1.29 is 9.59 Å². The lowest BCUT2D eigenvalue weighted by Crippen LogP contribution is -2.42. The number of nitrogens with one attached hydrogen (secondary N) is 1. The molecule has 0 aliphatic carbocycles. The highest BCUT2D eigenvalue weighted by Gasteiger charge is 2.28. The number of nitrogens with two attached hydrogens (primary N) is 2. The predicted molar refractivity (Wildman–Crippen MR) is 139 cm³/mol. The molecule has 34 heavy (non-hydrogen) atoms. The van der Waals surface area contributed by atoms with Gasteiger partial charge < -0.3 is 20.9 Å². The van der Waals surface area contributed by atoms with Crippen LogP contribution >= 0.6 is 11.3 Å². The van der Waals surface area contributed by atoms with Crippen molar-refractivity contribution >= 4 is 23.5 Å². The molecule has 186 valence electrons. The first kappa shape index (κ1) is 27.5. The molecule has 0 bridgehead atoms. The molecule has 9 heteroatoms. The van der Waals surface area contributed by atoms with E-state index in [4.69, 9.17) is 11.6 Å². The molecule has 5 N–H and O–H groups in total. The molecule has 2 aromatic rings. The molecule has 8 nitrogen and oxygen atoms in total. The van der Waals surface area contributed by atoms with Gasteiger partial charge in [0.05, 0.1) is 28.2 Å². The van der Waals surface area contributed by atoms with Crippen LogP contribution in [-0.4, -0.2) is 52.8 Å². The molecule has 1 saturated heterocycles. The Labute approximate surface area is 207 Å². The zero-order chi connectivity index (χ0) is 25.3. The number of hydrogen-bond donors (Lipinski definition) is 3. The van der Waals surface area contributed by atoms with Crippen molar-refractivity contribution in [1.82, 2.24) is 20.2 Å². The summed E-state index contributed by atoms with van der Waals surface area (Å²) in [6, 6.07) is 8.16. The van der Waals surface area contributed by atoms with Gasteiger partial charge in [-0.3, -0.25) is 9.69 Å². The molecule has 0 radical (unpaired) electrons. The van der Waals surface area contributed by atoms with E-state index in [0.717, 1.165) is 36.9 Å². The molecule has 1 amide bonds. The third-order valence-corrected chi connectivity index (χ3v) is 7.00. The number of benzene rings is 1. The molecule has 3 unspecified atom stereocenters. The molecule has 0 spiro atoms. The number of rotatable bonds is 8. The predicted octanol–water partition coefficient (Wildman–Crippen LogP) is 3.21. The monoisotopic (exact) mass is 486 g/mol. The average molecular weight is 487 g/mol. The van der Waals surface area contributed by atoms with E-state index in [-0.39, 0.29) is 30.0 Å². The lowest BCUT2D eigenvalue weighted by atomic mass is 10.0. The van der Waals surface area contributed by atoms with Crippen LogP contribution in [0.4, 0.5) is 0 Å². The second-order valence-corrected chi connectivity index (χ2v) is 9.77. The van der Waals surface area contributed by atoms with E-state index in [1.165, 1.54) is 27.8 Å². The minimum Gasteiger partial charge on any atom is -0.403 e. The van der Waals surface area contributed by atoms with Crippen LogP contribution in [0.1, 0.15) is 50.9 Å². The fraction of sp³-hybridized carbons (Fsp3) is 0.480. The third-order valence-electron chi connectivity index (χ3n) is 6.03. The molecule has 1 aromatic carbocycles. The van der Waals surface area contributed by atoms with Crippen molar-refractivity contribution in [2.45, 2.75) is 58.7 Å². The normalized spacial score (nSPS) is 17.8. The van der Waals surface area contributed by atoms with Gasteiger partial charge in [-0.05, 0) is 57.3 Å². The van der Waals surface area contributed by atoms with Crippen molar-refractivity contribution in [3.8, 4) is 10.4 Å². The summed E-state index contributed by atoms with van der Waals surface area (Å²) in [4.78, 5) is 30.5. The van der Waals surface area contributed by atoms with Crippen molar-refractivity contribution in [3.05, 3.63) is 53.4 Å². The highest BCUT2D eigenvalue weighted by atomic mass is 32.1. The number of nitrogens with zero attached hydrogens (tertiary/aromatic N) is 3. The number of thiazole rings is 1. The van der Waals surface area contributed by atoms with E-state index < -0.39 is 0 Å². The second-order valence-electron chi connectivity index (χ2n) is 8.92. The summed E-state index contributed by atoms with van der Waals surface area (Å²) in [7, 11) is 2.02. The Morgan fingerprint density at radius 1 is 1.29 bits per heavy atom. The zero-order valence-electron chi connectivity index (χ0n) is 20.8. The van der Waals surface area contributed by atoms with Gasteiger partial charge in [0, 0.05) is 12.4 Å². The number of amides is 1. The maximum Gasteiger partial charge on any atom is 0.237 e. The van der Waals surface area contributed by atoms with Crippen LogP contribution in [0.5, 0.6) is 0 Å². The van der Waals surface area contributed by atoms with Crippen LogP contribution in [0.15, 0.2) is 42.2 Å². The van der Waals surface area contributed by atoms with Crippen LogP contribution < -0.4 is 16.9 Å². The number of aldehydes is 1. The maximum atomic E-state index is 12.4. The zero-order valence-corrected chi connectivity index (χ0v) is 21.6. The largest absolute Gasteiger partial charge is 0.403 e. The van der Waals surface area contributed by atoms with Crippen LogP contribution in [0.2, 0.25) is 0 Å². The Kier molecular flexibility index (Phi) is 10.7. The van der Waals surface area contributed by atoms with Crippen LogP contribution in [-0.2, 0) is 9.59 Å². The van der Waals surface area contributed by atoms with Gasteiger partial charge in [-0.1, -0.05) is 38.1 Å². The van der Waals surface area contributed by atoms with E-state index in [2.05, 4.69) is 39.5 Å². The van der Waals surface area contributed by atoms with Crippen LogP contribution in [0, 0.1) is 12.8 Å². The molecular weight excluding hydrogens is 448 g/mol. The van der Waals surface area contributed by atoms with Gasteiger partial charge in [-0.15, -0.1) is 11.3 Å². The number of aromatic nitrogens is 1. The SMILES string of the molecule is CC(C)C(C=O)N(N)/C=C\N.Cc1ncsc1-c1ccc(C(C)NC(=O)C2CCCN2C)cc1. The van der Waals surface area contributed by atoms with E-state index in [1.807, 2.05) is 40.3 Å².